The molecule has 3 rings (SSSR count). The van der Waals surface area contributed by atoms with Gasteiger partial charge in [0.15, 0.2) is 0 Å². The first kappa shape index (κ1) is 22.1. The van der Waals surface area contributed by atoms with Crippen LogP contribution in [-0.4, -0.2) is 65.2 Å². The standard InChI is InChI=1S/C21H26N2O6S/c1-16-15-17(3-8-20(16)27-2)21(24)22-9-12-29-18-4-6-19(7-5-18)30(25,26)23-10-13-28-14-11-23/h3-8,15H,9-14H2,1-2H3,(H,22,24). The molecule has 0 aromatic heterocycles. The Morgan fingerprint density at radius 1 is 1.13 bits per heavy atom. The van der Waals surface area contributed by atoms with Gasteiger partial charge in [0.25, 0.3) is 5.91 Å². The van der Waals surface area contributed by atoms with Crippen molar-refractivity contribution in [1.82, 2.24) is 9.62 Å². The van der Waals surface area contributed by atoms with Gasteiger partial charge in [-0.1, -0.05) is 0 Å². The van der Waals surface area contributed by atoms with E-state index in [1.165, 1.54) is 16.4 Å². The lowest BCUT2D eigenvalue weighted by molar-refractivity contribution is 0.0730. The average molecular weight is 435 g/mol. The molecule has 2 aromatic rings. The molecule has 0 aliphatic carbocycles. The number of rotatable bonds is 8. The number of aryl methyl sites for hydroxylation is 1. The second-order valence-electron chi connectivity index (χ2n) is 6.78. The minimum atomic E-state index is -3.52. The molecule has 1 aliphatic heterocycles. The lowest BCUT2D eigenvalue weighted by Gasteiger charge is -2.26. The average Bonchev–Trinajstić information content (AvgIpc) is 2.77. The highest BCUT2D eigenvalue weighted by Crippen LogP contribution is 2.21. The molecule has 0 radical (unpaired) electrons. The number of hydrogen-bond donors (Lipinski definition) is 1. The van der Waals surface area contributed by atoms with Gasteiger partial charge in [0.05, 0.1) is 31.8 Å². The van der Waals surface area contributed by atoms with E-state index in [0.717, 1.165) is 11.3 Å². The Hall–Kier alpha value is -2.62. The van der Waals surface area contributed by atoms with Crippen molar-refractivity contribution in [3.63, 3.8) is 0 Å². The van der Waals surface area contributed by atoms with Gasteiger partial charge in [-0.2, -0.15) is 4.31 Å². The SMILES string of the molecule is COc1ccc(C(=O)NCCOc2ccc(S(=O)(=O)N3CCOCC3)cc2)cc1C. The van der Waals surface area contributed by atoms with Crippen molar-refractivity contribution < 1.29 is 27.4 Å². The molecule has 1 aliphatic rings. The number of carbonyl (C=O) groups excluding carboxylic acids is 1. The Kier molecular flexibility index (Phi) is 7.30. The molecule has 1 fully saturated rings. The first-order valence-corrected chi connectivity index (χ1v) is 11.1. The van der Waals surface area contributed by atoms with Crippen molar-refractivity contribution in [3.8, 4) is 11.5 Å². The summed E-state index contributed by atoms with van der Waals surface area (Å²) in [7, 11) is -1.94. The molecular formula is C21H26N2O6S. The third kappa shape index (κ3) is 5.29. The van der Waals surface area contributed by atoms with Crippen LogP contribution in [0.4, 0.5) is 0 Å². The molecule has 1 amide bonds. The second kappa shape index (κ2) is 9.92. The van der Waals surface area contributed by atoms with E-state index in [-0.39, 0.29) is 17.4 Å². The quantitative estimate of drug-likeness (QED) is 0.637. The van der Waals surface area contributed by atoms with Crippen molar-refractivity contribution >= 4 is 15.9 Å². The third-order valence-electron chi connectivity index (χ3n) is 4.74. The molecule has 1 heterocycles. The highest BCUT2D eigenvalue weighted by molar-refractivity contribution is 7.89. The number of hydrogen-bond acceptors (Lipinski definition) is 6. The van der Waals surface area contributed by atoms with Crippen molar-refractivity contribution in [2.24, 2.45) is 0 Å². The second-order valence-corrected chi connectivity index (χ2v) is 8.71. The lowest BCUT2D eigenvalue weighted by Crippen LogP contribution is -2.40. The van der Waals surface area contributed by atoms with Gasteiger partial charge in [-0.25, -0.2) is 8.42 Å². The molecule has 0 saturated carbocycles. The zero-order valence-corrected chi connectivity index (χ0v) is 17.9. The van der Waals surface area contributed by atoms with Gasteiger partial charge in [0, 0.05) is 18.7 Å². The largest absolute Gasteiger partial charge is 0.496 e. The molecular weight excluding hydrogens is 408 g/mol. The Balaban J connectivity index is 1.48. The molecule has 8 nitrogen and oxygen atoms in total. The number of amides is 1. The summed E-state index contributed by atoms with van der Waals surface area (Å²) < 4.78 is 42.6. The van der Waals surface area contributed by atoms with Gasteiger partial charge < -0.3 is 19.5 Å². The Morgan fingerprint density at radius 2 is 1.83 bits per heavy atom. The zero-order valence-electron chi connectivity index (χ0n) is 17.1. The van der Waals surface area contributed by atoms with E-state index in [1.54, 1.807) is 37.4 Å². The molecule has 162 valence electrons. The summed E-state index contributed by atoms with van der Waals surface area (Å²) in [5.74, 6) is 1.07. The number of benzene rings is 2. The van der Waals surface area contributed by atoms with E-state index in [2.05, 4.69) is 5.32 Å². The van der Waals surface area contributed by atoms with Crippen molar-refractivity contribution in [2.75, 3.05) is 46.6 Å². The van der Waals surface area contributed by atoms with E-state index in [9.17, 15) is 13.2 Å². The van der Waals surface area contributed by atoms with Gasteiger partial charge in [-0.3, -0.25) is 4.79 Å². The first-order chi connectivity index (χ1) is 14.4. The van der Waals surface area contributed by atoms with E-state index in [0.29, 0.717) is 44.2 Å². The maximum absolute atomic E-state index is 12.6. The first-order valence-electron chi connectivity index (χ1n) is 9.65. The van der Waals surface area contributed by atoms with E-state index in [1.807, 2.05) is 6.92 Å². The van der Waals surface area contributed by atoms with Crippen molar-refractivity contribution in [3.05, 3.63) is 53.6 Å². The maximum Gasteiger partial charge on any atom is 0.251 e. The summed E-state index contributed by atoms with van der Waals surface area (Å²) in [5.41, 5.74) is 1.43. The number of carbonyl (C=O) groups is 1. The van der Waals surface area contributed by atoms with E-state index < -0.39 is 10.0 Å². The predicted molar refractivity (Wildman–Crippen MR) is 112 cm³/mol. The molecule has 0 unspecified atom stereocenters. The number of ether oxygens (including phenoxy) is 3. The van der Waals surface area contributed by atoms with Crippen LogP contribution in [0, 0.1) is 6.92 Å². The minimum Gasteiger partial charge on any atom is -0.496 e. The Bertz CT molecular complexity index is 969. The van der Waals surface area contributed by atoms with Crippen LogP contribution in [-0.2, 0) is 14.8 Å². The normalized spacial score (nSPS) is 14.9. The summed E-state index contributed by atoms with van der Waals surface area (Å²) in [6.07, 6.45) is 0. The predicted octanol–water partition coefficient (Wildman–Crippen LogP) is 1.83. The number of nitrogens with one attached hydrogen (secondary N) is 1. The van der Waals surface area contributed by atoms with Gasteiger partial charge >= 0.3 is 0 Å². The number of morpholine rings is 1. The van der Waals surface area contributed by atoms with Crippen LogP contribution in [0.25, 0.3) is 0 Å². The summed E-state index contributed by atoms with van der Waals surface area (Å²) in [6, 6.07) is 11.5. The van der Waals surface area contributed by atoms with Crippen LogP contribution in [0.3, 0.4) is 0 Å². The lowest BCUT2D eigenvalue weighted by atomic mass is 10.1. The molecule has 1 saturated heterocycles. The molecule has 1 N–H and O–H groups in total. The smallest absolute Gasteiger partial charge is 0.251 e. The van der Waals surface area contributed by atoms with E-state index >= 15 is 0 Å². The molecule has 30 heavy (non-hydrogen) atoms. The van der Waals surface area contributed by atoms with Crippen molar-refractivity contribution in [2.45, 2.75) is 11.8 Å². The number of methoxy groups -OCH3 is 1. The van der Waals surface area contributed by atoms with Crippen LogP contribution in [0.5, 0.6) is 11.5 Å². The van der Waals surface area contributed by atoms with Crippen LogP contribution in [0.1, 0.15) is 15.9 Å². The highest BCUT2D eigenvalue weighted by Gasteiger charge is 2.26. The fourth-order valence-corrected chi connectivity index (χ4v) is 4.51. The zero-order chi connectivity index (χ0) is 21.6. The third-order valence-corrected chi connectivity index (χ3v) is 6.66. The van der Waals surface area contributed by atoms with Gasteiger partial charge in [0.1, 0.15) is 18.1 Å². The van der Waals surface area contributed by atoms with Gasteiger partial charge in [-0.05, 0) is 55.0 Å². The van der Waals surface area contributed by atoms with Crippen molar-refractivity contribution in [1.29, 1.82) is 0 Å². The minimum absolute atomic E-state index is 0.198. The maximum atomic E-state index is 12.6. The highest BCUT2D eigenvalue weighted by atomic mass is 32.2. The number of sulfonamides is 1. The van der Waals surface area contributed by atoms with E-state index in [4.69, 9.17) is 14.2 Å². The number of nitrogens with zero attached hydrogens (tertiary/aromatic N) is 1. The Labute approximate surface area is 176 Å². The van der Waals surface area contributed by atoms with Crippen LogP contribution in [0.15, 0.2) is 47.4 Å². The monoisotopic (exact) mass is 434 g/mol. The molecule has 0 atom stereocenters. The summed E-state index contributed by atoms with van der Waals surface area (Å²) in [6.45, 7) is 3.97. The van der Waals surface area contributed by atoms with Crippen LogP contribution in [0.2, 0.25) is 0 Å². The summed E-state index contributed by atoms with van der Waals surface area (Å²) >= 11 is 0. The molecule has 0 spiro atoms. The van der Waals surface area contributed by atoms with Gasteiger partial charge in [-0.15, -0.1) is 0 Å². The molecule has 0 bridgehead atoms. The molecule has 2 aromatic carbocycles. The van der Waals surface area contributed by atoms with Gasteiger partial charge in [0.2, 0.25) is 10.0 Å². The Morgan fingerprint density at radius 3 is 2.47 bits per heavy atom. The molecule has 9 heteroatoms. The fourth-order valence-electron chi connectivity index (χ4n) is 3.10. The van der Waals surface area contributed by atoms with Crippen LogP contribution >= 0.6 is 0 Å². The van der Waals surface area contributed by atoms with Crippen LogP contribution < -0.4 is 14.8 Å². The summed E-state index contributed by atoms with van der Waals surface area (Å²) in [5, 5.41) is 2.79. The fraction of sp³-hybridized carbons (Fsp3) is 0.381. The summed E-state index contributed by atoms with van der Waals surface area (Å²) in [4.78, 5) is 12.4. The topological polar surface area (TPSA) is 94.2 Å².